The Labute approximate surface area is 193 Å². The van der Waals surface area contributed by atoms with Gasteiger partial charge in [0.25, 0.3) is 0 Å². The first kappa shape index (κ1) is 22.8. The highest BCUT2D eigenvalue weighted by Gasteiger charge is 2.36. The van der Waals surface area contributed by atoms with Crippen LogP contribution < -0.4 is 5.32 Å². The molecular formula is C25H29FN6O. The first-order valence-corrected chi connectivity index (χ1v) is 11.2. The van der Waals surface area contributed by atoms with Gasteiger partial charge in [0.05, 0.1) is 17.3 Å². The Hall–Kier alpha value is -3.42. The zero-order chi connectivity index (χ0) is 23.6. The zero-order valence-electron chi connectivity index (χ0n) is 19.5. The van der Waals surface area contributed by atoms with E-state index < -0.39 is 5.41 Å². The van der Waals surface area contributed by atoms with Crippen molar-refractivity contribution in [2.24, 2.45) is 0 Å². The topological polar surface area (TPSA) is 83.9 Å². The van der Waals surface area contributed by atoms with E-state index in [0.29, 0.717) is 30.4 Å². The molecule has 0 unspecified atom stereocenters. The predicted octanol–water partition coefficient (Wildman–Crippen LogP) is 4.45. The SMILES string of the molecule is Cc1cc(C)nc(Nc2cncc(C3CCN(C(=O)C(C)(C)c4cccc(F)c4)CC3)n2)n1. The summed E-state index contributed by atoms with van der Waals surface area (Å²) < 4.78 is 13.7. The highest BCUT2D eigenvalue weighted by atomic mass is 19.1. The Morgan fingerprint density at radius 1 is 1.06 bits per heavy atom. The second-order valence-corrected chi connectivity index (χ2v) is 9.13. The third kappa shape index (κ3) is 5.16. The van der Waals surface area contributed by atoms with E-state index in [9.17, 15) is 9.18 Å². The number of anilines is 2. The Morgan fingerprint density at radius 2 is 1.76 bits per heavy atom. The highest BCUT2D eigenvalue weighted by molar-refractivity contribution is 5.87. The van der Waals surface area contributed by atoms with Gasteiger partial charge in [-0.3, -0.25) is 9.78 Å². The molecular weight excluding hydrogens is 419 g/mol. The molecule has 2 aromatic heterocycles. The molecule has 1 amide bonds. The van der Waals surface area contributed by atoms with Gasteiger partial charge in [0.15, 0.2) is 5.82 Å². The van der Waals surface area contributed by atoms with Gasteiger partial charge in [-0.25, -0.2) is 19.3 Å². The second kappa shape index (κ2) is 9.21. The summed E-state index contributed by atoms with van der Waals surface area (Å²) in [5.41, 5.74) is 2.55. The van der Waals surface area contributed by atoms with E-state index in [1.165, 1.54) is 12.1 Å². The van der Waals surface area contributed by atoms with E-state index in [1.54, 1.807) is 24.5 Å². The maximum atomic E-state index is 13.7. The molecule has 3 heterocycles. The monoisotopic (exact) mass is 448 g/mol. The van der Waals surface area contributed by atoms with Crippen molar-refractivity contribution in [3.63, 3.8) is 0 Å². The Bertz CT molecular complexity index is 1140. The van der Waals surface area contributed by atoms with Crippen molar-refractivity contribution in [2.75, 3.05) is 18.4 Å². The molecule has 8 heteroatoms. The summed E-state index contributed by atoms with van der Waals surface area (Å²) in [6, 6.07) is 8.21. The number of nitrogens with zero attached hydrogens (tertiary/aromatic N) is 5. The van der Waals surface area contributed by atoms with Crippen molar-refractivity contribution in [1.29, 1.82) is 0 Å². The summed E-state index contributed by atoms with van der Waals surface area (Å²) in [6.45, 7) is 8.81. The lowest BCUT2D eigenvalue weighted by Crippen LogP contribution is -2.46. The summed E-state index contributed by atoms with van der Waals surface area (Å²) in [7, 11) is 0. The van der Waals surface area contributed by atoms with Gasteiger partial charge in [0.2, 0.25) is 11.9 Å². The second-order valence-electron chi connectivity index (χ2n) is 9.13. The lowest BCUT2D eigenvalue weighted by Gasteiger charge is -2.37. The number of nitrogens with one attached hydrogen (secondary N) is 1. The lowest BCUT2D eigenvalue weighted by atomic mass is 9.82. The number of rotatable bonds is 5. The van der Waals surface area contributed by atoms with Crippen molar-refractivity contribution in [1.82, 2.24) is 24.8 Å². The highest BCUT2D eigenvalue weighted by Crippen LogP contribution is 2.32. The summed E-state index contributed by atoms with van der Waals surface area (Å²) in [4.78, 5) is 33.0. The Balaban J connectivity index is 1.41. The molecule has 4 rings (SSSR count). The van der Waals surface area contributed by atoms with Crippen LogP contribution in [0.1, 0.15) is 55.3 Å². The average Bonchev–Trinajstić information content (AvgIpc) is 2.78. The molecule has 1 aliphatic heterocycles. The van der Waals surface area contributed by atoms with Crippen LogP contribution in [-0.4, -0.2) is 43.8 Å². The summed E-state index contributed by atoms with van der Waals surface area (Å²) in [6.07, 6.45) is 5.03. The molecule has 172 valence electrons. The van der Waals surface area contributed by atoms with Crippen LogP contribution in [0.25, 0.3) is 0 Å². The molecule has 0 saturated carbocycles. The molecule has 1 N–H and O–H groups in total. The summed E-state index contributed by atoms with van der Waals surface area (Å²) in [5.74, 6) is 0.994. The third-order valence-electron chi connectivity index (χ3n) is 6.16. The van der Waals surface area contributed by atoms with Gasteiger partial charge in [0.1, 0.15) is 5.82 Å². The number of hydrogen-bond donors (Lipinski definition) is 1. The van der Waals surface area contributed by atoms with Gasteiger partial charge < -0.3 is 10.2 Å². The van der Waals surface area contributed by atoms with E-state index in [0.717, 1.165) is 29.9 Å². The number of likely N-dealkylation sites (tertiary alicyclic amines) is 1. The third-order valence-corrected chi connectivity index (χ3v) is 6.16. The van der Waals surface area contributed by atoms with E-state index in [-0.39, 0.29) is 17.6 Å². The molecule has 0 bridgehead atoms. The smallest absolute Gasteiger partial charge is 0.232 e. The number of halogens is 1. The van der Waals surface area contributed by atoms with E-state index >= 15 is 0 Å². The van der Waals surface area contributed by atoms with Crippen LogP contribution in [0.3, 0.4) is 0 Å². The molecule has 0 aliphatic carbocycles. The minimum Gasteiger partial charge on any atom is -0.342 e. The number of carbonyl (C=O) groups is 1. The fraction of sp³-hybridized carbons (Fsp3) is 0.400. The molecule has 3 aromatic rings. The van der Waals surface area contributed by atoms with Crippen molar-refractivity contribution in [2.45, 2.75) is 51.9 Å². The largest absolute Gasteiger partial charge is 0.342 e. The first-order valence-electron chi connectivity index (χ1n) is 11.2. The van der Waals surface area contributed by atoms with Gasteiger partial charge in [-0.1, -0.05) is 12.1 Å². The number of piperidine rings is 1. The standard InChI is InChI=1S/C25H29FN6O/c1-16-12-17(2)29-24(28-16)31-22-15-27-14-21(30-22)18-8-10-32(11-9-18)23(33)25(3,4)19-6-5-7-20(26)13-19/h5-7,12-15,18H,8-11H2,1-4H3,(H,28,29,30,31). The quantitative estimate of drug-likeness (QED) is 0.621. The number of hydrogen-bond acceptors (Lipinski definition) is 6. The molecule has 33 heavy (non-hydrogen) atoms. The fourth-order valence-electron chi connectivity index (χ4n) is 4.31. The Morgan fingerprint density at radius 3 is 2.42 bits per heavy atom. The van der Waals surface area contributed by atoms with E-state index in [1.807, 2.05) is 38.7 Å². The fourth-order valence-corrected chi connectivity index (χ4v) is 4.31. The van der Waals surface area contributed by atoms with Crippen molar-refractivity contribution < 1.29 is 9.18 Å². The lowest BCUT2D eigenvalue weighted by molar-refractivity contribution is -0.137. The number of benzene rings is 1. The maximum Gasteiger partial charge on any atom is 0.232 e. The minimum absolute atomic E-state index is 0.0139. The van der Waals surface area contributed by atoms with Crippen LogP contribution in [-0.2, 0) is 10.2 Å². The van der Waals surface area contributed by atoms with Crippen LogP contribution in [0.2, 0.25) is 0 Å². The molecule has 1 aliphatic rings. The zero-order valence-corrected chi connectivity index (χ0v) is 19.5. The Kier molecular flexibility index (Phi) is 6.35. The van der Waals surface area contributed by atoms with Crippen LogP contribution in [0.15, 0.2) is 42.7 Å². The summed E-state index contributed by atoms with van der Waals surface area (Å²) in [5, 5.41) is 3.14. The molecule has 0 spiro atoms. The first-order chi connectivity index (χ1) is 15.7. The van der Waals surface area contributed by atoms with Gasteiger partial charge >= 0.3 is 0 Å². The minimum atomic E-state index is -0.787. The normalized spacial score (nSPS) is 14.9. The average molecular weight is 449 g/mol. The molecule has 1 aromatic carbocycles. The van der Waals surface area contributed by atoms with Crippen molar-refractivity contribution >= 4 is 17.7 Å². The van der Waals surface area contributed by atoms with Crippen molar-refractivity contribution in [3.05, 3.63) is 71.2 Å². The molecule has 0 radical (unpaired) electrons. The molecule has 1 fully saturated rings. The van der Waals surface area contributed by atoms with Crippen LogP contribution in [0, 0.1) is 19.7 Å². The van der Waals surface area contributed by atoms with Crippen molar-refractivity contribution in [3.8, 4) is 0 Å². The molecule has 1 saturated heterocycles. The number of amides is 1. The van der Waals surface area contributed by atoms with Crippen LogP contribution in [0.4, 0.5) is 16.2 Å². The number of aryl methyl sites for hydroxylation is 2. The molecule has 7 nitrogen and oxygen atoms in total. The van der Waals surface area contributed by atoms with Gasteiger partial charge in [0, 0.05) is 36.6 Å². The van der Waals surface area contributed by atoms with Gasteiger partial charge in [-0.15, -0.1) is 0 Å². The van der Waals surface area contributed by atoms with E-state index in [2.05, 4.69) is 20.3 Å². The number of carbonyl (C=O) groups excluding carboxylic acids is 1. The predicted molar refractivity (Wildman–Crippen MR) is 125 cm³/mol. The molecule has 0 atom stereocenters. The van der Waals surface area contributed by atoms with Crippen LogP contribution >= 0.6 is 0 Å². The number of aromatic nitrogens is 4. The maximum absolute atomic E-state index is 13.7. The van der Waals surface area contributed by atoms with E-state index in [4.69, 9.17) is 4.98 Å². The van der Waals surface area contributed by atoms with Crippen LogP contribution in [0.5, 0.6) is 0 Å². The summed E-state index contributed by atoms with van der Waals surface area (Å²) >= 11 is 0. The van der Waals surface area contributed by atoms with Gasteiger partial charge in [-0.2, -0.15) is 0 Å². The van der Waals surface area contributed by atoms with Gasteiger partial charge in [-0.05, 0) is 64.3 Å².